The second-order valence-electron chi connectivity index (χ2n) is 5.01. The third-order valence-corrected chi connectivity index (χ3v) is 4.49. The molecule has 3 rings (SSSR count). The quantitative estimate of drug-likeness (QED) is 0.945. The molecule has 4 nitrogen and oxygen atoms in total. The van der Waals surface area contributed by atoms with Gasteiger partial charge in [-0.2, -0.15) is 0 Å². The molecule has 0 unspecified atom stereocenters. The van der Waals surface area contributed by atoms with Crippen molar-refractivity contribution in [2.24, 2.45) is 0 Å². The number of hydrogen-bond donors (Lipinski definition) is 1. The lowest BCUT2D eigenvalue weighted by Crippen LogP contribution is -2.26. The molecule has 0 atom stereocenters. The van der Waals surface area contributed by atoms with Crippen LogP contribution in [0.5, 0.6) is 0 Å². The molecule has 0 fully saturated rings. The first-order valence-corrected chi connectivity index (χ1v) is 8.46. The summed E-state index contributed by atoms with van der Waals surface area (Å²) in [6, 6.07) is 19.0. The van der Waals surface area contributed by atoms with Crippen molar-refractivity contribution in [2.75, 3.05) is 12.4 Å². The highest BCUT2D eigenvalue weighted by Gasteiger charge is 2.22. The van der Waals surface area contributed by atoms with E-state index in [1.807, 2.05) is 72.6 Å². The molecule has 2 aromatic carbocycles. The van der Waals surface area contributed by atoms with Crippen molar-refractivity contribution < 1.29 is 8.42 Å². The van der Waals surface area contributed by atoms with Crippen molar-refractivity contribution in [3.8, 4) is 0 Å². The van der Waals surface area contributed by atoms with Crippen molar-refractivity contribution in [1.29, 1.82) is 0 Å². The van der Waals surface area contributed by atoms with Gasteiger partial charge in [-0.1, -0.05) is 48.5 Å². The van der Waals surface area contributed by atoms with E-state index in [4.69, 9.17) is 0 Å². The van der Waals surface area contributed by atoms with E-state index in [0.29, 0.717) is 11.5 Å². The minimum absolute atomic E-state index is 0.521. The molecule has 0 aromatic heterocycles. The lowest BCUT2D eigenvalue weighted by molar-refractivity contribution is 0.584. The van der Waals surface area contributed by atoms with Crippen LogP contribution in [0.25, 0.3) is 5.70 Å². The molecule has 5 heteroatoms. The summed E-state index contributed by atoms with van der Waals surface area (Å²) >= 11 is 0. The van der Waals surface area contributed by atoms with Gasteiger partial charge in [-0.3, -0.25) is 0 Å². The van der Waals surface area contributed by atoms with E-state index in [-0.39, 0.29) is 0 Å². The van der Waals surface area contributed by atoms with Gasteiger partial charge in [0.15, 0.2) is 9.84 Å². The van der Waals surface area contributed by atoms with Gasteiger partial charge in [0.05, 0.1) is 16.5 Å². The molecular formula is C17H16N2O2S. The minimum atomic E-state index is -3.41. The molecule has 0 bridgehead atoms. The Balaban J connectivity index is 1.98. The van der Waals surface area contributed by atoms with Crippen LogP contribution in [0.1, 0.15) is 5.56 Å². The first-order chi connectivity index (χ1) is 10.6. The molecule has 0 saturated carbocycles. The van der Waals surface area contributed by atoms with Crippen LogP contribution >= 0.6 is 0 Å². The fourth-order valence-corrected chi connectivity index (χ4v) is 3.49. The summed E-state index contributed by atoms with van der Waals surface area (Å²) in [6.45, 7) is 0. The Morgan fingerprint density at radius 2 is 1.45 bits per heavy atom. The van der Waals surface area contributed by atoms with Crippen LogP contribution in [0.15, 0.2) is 77.3 Å². The maximum absolute atomic E-state index is 12.2. The number of sulfone groups is 1. The topological polar surface area (TPSA) is 49.4 Å². The third kappa shape index (κ3) is 3.04. The molecule has 1 aliphatic rings. The largest absolute Gasteiger partial charge is 0.341 e. The van der Waals surface area contributed by atoms with E-state index < -0.39 is 9.84 Å². The summed E-state index contributed by atoms with van der Waals surface area (Å²) in [5, 5.41) is 5.69. The summed E-state index contributed by atoms with van der Waals surface area (Å²) in [7, 11) is -1.57. The SMILES string of the molecule is CN1C(Nc2ccccc2)=CS(=O)(=O)C=C1c1ccccc1. The molecule has 1 aliphatic heterocycles. The van der Waals surface area contributed by atoms with Crippen LogP contribution in [0.2, 0.25) is 0 Å². The smallest absolute Gasteiger partial charge is 0.198 e. The molecule has 0 radical (unpaired) electrons. The number of para-hydroxylation sites is 1. The number of nitrogens with zero attached hydrogens (tertiary/aromatic N) is 1. The van der Waals surface area contributed by atoms with Gasteiger partial charge in [0.25, 0.3) is 0 Å². The Kier molecular flexibility index (Phi) is 3.73. The number of rotatable bonds is 3. The monoisotopic (exact) mass is 312 g/mol. The van der Waals surface area contributed by atoms with Gasteiger partial charge in [-0.15, -0.1) is 0 Å². The van der Waals surface area contributed by atoms with Gasteiger partial charge < -0.3 is 10.2 Å². The van der Waals surface area contributed by atoms with E-state index in [2.05, 4.69) is 5.32 Å². The van der Waals surface area contributed by atoms with Gasteiger partial charge in [0.1, 0.15) is 5.82 Å². The second-order valence-corrected chi connectivity index (χ2v) is 6.66. The van der Waals surface area contributed by atoms with Crippen LogP contribution in [-0.4, -0.2) is 20.4 Å². The summed E-state index contributed by atoms with van der Waals surface area (Å²) in [5.74, 6) is 0.521. The molecular weight excluding hydrogens is 296 g/mol. The molecule has 1 heterocycles. The van der Waals surface area contributed by atoms with Crippen molar-refractivity contribution >= 4 is 21.2 Å². The number of benzene rings is 2. The van der Waals surface area contributed by atoms with Crippen molar-refractivity contribution in [3.63, 3.8) is 0 Å². The van der Waals surface area contributed by atoms with E-state index in [1.165, 1.54) is 10.8 Å². The molecule has 22 heavy (non-hydrogen) atoms. The molecule has 0 spiro atoms. The van der Waals surface area contributed by atoms with E-state index in [1.54, 1.807) is 0 Å². The third-order valence-electron chi connectivity index (χ3n) is 3.39. The first kappa shape index (κ1) is 14.4. The summed E-state index contributed by atoms with van der Waals surface area (Å²) in [5.41, 5.74) is 2.33. The van der Waals surface area contributed by atoms with Crippen LogP contribution in [-0.2, 0) is 9.84 Å². The number of anilines is 1. The lowest BCUT2D eigenvalue weighted by Gasteiger charge is -2.29. The zero-order valence-electron chi connectivity index (χ0n) is 12.1. The van der Waals surface area contributed by atoms with Crippen molar-refractivity contribution in [1.82, 2.24) is 4.90 Å². The van der Waals surface area contributed by atoms with Crippen molar-refractivity contribution in [2.45, 2.75) is 0 Å². The summed E-state index contributed by atoms with van der Waals surface area (Å²) in [4.78, 5) is 1.84. The Bertz CT molecular complexity index is 825. The number of nitrogens with one attached hydrogen (secondary N) is 1. The Morgan fingerprint density at radius 1 is 0.864 bits per heavy atom. The fourth-order valence-electron chi connectivity index (χ4n) is 2.29. The van der Waals surface area contributed by atoms with Gasteiger partial charge in [0, 0.05) is 12.7 Å². The van der Waals surface area contributed by atoms with Crippen LogP contribution in [0.4, 0.5) is 5.69 Å². The highest BCUT2D eigenvalue weighted by Crippen LogP contribution is 2.28. The fraction of sp³-hybridized carbons (Fsp3) is 0.0588. The summed E-state index contributed by atoms with van der Waals surface area (Å²) in [6.07, 6.45) is 0. The van der Waals surface area contributed by atoms with Crippen LogP contribution in [0.3, 0.4) is 0 Å². The second kappa shape index (κ2) is 5.69. The zero-order valence-corrected chi connectivity index (χ0v) is 12.9. The van der Waals surface area contributed by atoms with Gasteiger partial charge in [0.2, 0.25) is 0 Å². The number of hydrogen-bond acceptors (Lipinski definition) is 4. The Morgan fingerprint density at radius 3 is 2.09 bits per heavy atom. The highest BCUT2D eigenvalue weighted by molar-refractivity contribution is 7.97. The summed E-state index contributed by atoms with van der Waals surface area (Å²) < 4.78 is 24.3. The van der Waals surface area contributed by atoms with E-state index in [0.717, 1.165) is 11.3 Å². The van der Waals surface area contributed by atoms with E-state index >= 15 is 0 Å². The average molecular weight is 312 g/mol. The Hall–Kier alpha value is -2.53. The Labute approximate surface area is 130 Å². The van der Waals surface area contributed by atoms with Crippen LogP contribution in [0, 0.1) is 0 Å². The predicted octanol–water partition coefficient (Wildman–Crippen LogP) is 3.26. The standard InChI is InChI=1S/C17H16N2O2S/c1-19-16(14-8-4-2-5-9-14)12-22(20,21)13-17(19)18-15-10-6-3-7-11-15/h2-13,18H,1H3. The molecule has 112 valence electrons. The molecule has 0 saturated heterocycles. The maximum Gasteiger partial charge on any atom is 0.198 e. The van der Waals surface area contributed by atoms with Gasteiger partial charge in [-0.25, -0.2) is 8.42 Å². The lowest BCUT2D eigenvalue weighted by atomic mass is 10.1. The van der Waals surface area contributed by atoms with Gasteiger partial charge >= 0.3 is 0 Å². The molecule has 1 N–H and O–H groups in total. The first-order valence-electron chi connectivity index (χ1n) is 6.85. The van der Waals surface area contributed by atoms with Crippen LogP contribution < -0.4 is 5.32 Å². The van der Waals surface area contributed by atoms with Gasteiger partial charge in [-0.05, 0) is 17.7 Å². The molecule has 0 aliphatic carbocycles. The zero-order chi connectivity index (χ0) is 15.6. The molecule has 2 aromatic rings. The highest BCUT2D eigenvalue weighted by atomic mass is 32.2. The maximum atomic E-state index is 12.2. The molecule has 0 amide bonds. The normalized spacial score (nSPS) is 16.7. The minimum Gasteiger partial charge on any atom is -0.341 e. The van der Waals surface area contributed by atoms with Crippen molar-refractivity contribution in [3.05, 3.63) is 82.9 Å². The average Bonchev–Trinajstić information content (AvgIpc) is 2.52. The predicted molar refractivity (Wildman–Crippen MR) is 89.2 cm³/mol. The van der Waals surface area contributed by atoms with E-state index in [9.17, 15) is 8.42 Å².